The maximum atomic E-state index is 11.6. The highest BCUT2D eigenvalue weighted by Gasteiger charge is 2.13. The SMILES string of the molecule is COCOc1cc(/C=C/c2ccc(C(=O)OC)cc2)cc(CC=C(C)C)c1OCOC. The predicted molar refractivity (Wildman–Crippen MR) is 121 cm³/mol. The van der Waals surface area contributed by atoms with Gasteiger partial charge in [0.15, 0.2) is 25.1 Å². The highest BCUT2D eigenvalue weighted by atomic mass is 16.7. The van der Waals surface area contributed by atoms with Gasteiger partial charge in [-0.25, -0.2) is 4.79 Å². The van der Waals surface area contributed by atoms with E-state index in [0.29, 0.717) is 23.5 Å². The van der Waals surface area contributed by atoms with Gasteiger partial charge in [0.1, 0.15) is 0 Å². The van der Waals surface area contributed by atoms with Crippen LogP contribution in [0.3, 0.4) is 0 Å². The molecule has 0 fully saturated rings. The zero-order valence-corrected chi connectivity index (χ0v) is 18.8. The molecule has 0 unspecified atom stereocenters. The van der Waals surface area contributed by atoms with E-state index in [4.69, 9.17) is 23.7 Å². The number of hydrogen-bond donors (Lipinski definition) is 0. The molecule has 0 atom stereocenters. The van der Waals surface area contributed by atoms with E-state index in [1.54, 1.807) is 26.4 Å². The number of allylic oxidation sites excluding steroid dienone is 2. The summed E-state index contributed by atoms with van der Waals surface area (Å²) in [4.78, 5) is 11.6. The molecule has 0 amide bonds. The van der Waals surface area contributed by atoms with Crippen LogP contribution in [0.1, 0.15) is 40.9 Å². The van der Waals surface area contributed by atoms with E-state index in [0.717, 1.165) is 16.7 Å². The molecule has 6 heteroatoms. The molecular formula is C25H30O6. The van der Waals surface area contributed by atoms with Gasteiger partial charge in [-0.15, -0.1) is 0 Å². The molecule has 31 heavy (non-hydrogen) atoms. The number of ether oxygens (including phenoxy) is 5. The standard InChI is InChI=1S/C25H30O6/c1-18(2)6-11-22-14-20(15-23(30-16-27-3)24(22)31-17-28-4)8-7-19-9-12-21(13-10-19)25(26)29-5/h6-10,12-15H,11,16-17H2,1-5H3/b8-7+. The first kappa shape index (κ1) is 24.2. The van der Waals surface area contributed by atoms with Gasteiger partial charge < -0.3 is 23.7 Å². The Balaban J connectivity index is 2.38. The molecule has 6 nitrogen and oxygen atoms in total. The first-order valence-electron chi connectivity index (χ1n) is 9.88. The minimum Gasteiger partial charge on any atom is -0.465 e. The predicted octanol–water partition coefficient (Wildman–Crippen LogP) is 5.12. The van der Waals surface area contributed by atoms with Crippen molar-refractivity contribution in [2.75, 3.05) is 34.9 Å². The van der Waals surface area contributed by atoms with Crippen LogP contribution in [0.25, 0.3) is 12.2 Å². The smallest absolute Gasteiger partial charge is 0.337 e. The molecule has 2 rings (SSSR count). The fourth-order valence-electron chi connectivity index (χ4n) is 2.80. The summed E-state index contributed by atoms with van der Waals surface area (Å²) in [5.74, 6) is 0.862. The summed E-state index contributed by atoms with van der Waals surface area (Å²) >= 11 is 0. The second-order valence-electron chi connectivity index (χ2n) is 7.04. The third-order valence-electron chi connectivity index (χ3n) is 4.34. The normalized spacial score (nSPS) is 10.7. The van der Waals surface area contributed by atoms with Gasteiger partial charge in [-0.1, -0.05) is 35.9 Å². The summed E-state index contributed by atoms with van der Waals surface area (Å²) in [6.45, 7) is 4.33. The summed E-state index contributed by atoms with van der Waals surface area (Å²) in [5, 5.41) is 0. The molecule has 0 bridgehead atoms. The van der Waals surface area contributed by atoms with Crippen molar-refractivity contribution in [3.8, 4) is 11.5 Å². The Morgan fingerprint density at radius 1 is 0.871 bits per heavy atom. The second-order valence-corrected chi connectivity index (χ2v) is 7.04. The number of methoxy groups -OCH3 is 3. The van der Waals surface area contributed by atoms with E-state index in [1.165, 1.54) is 12.7 Å². The molecular weight excluding hydrogens is 396 g/mol. The zero-order valence-electron chi connectivity index (χ0n) is 18.8. The Morgan fingerprint density at radius 2 is 1.52 bits per heavy atom. The highest BCUT2D eigenvalue weighted by molar-refractivity contribution is 5.89. The first-order valence-corrected chi connectivity index (χ1v) is 9.88. The van der Waals surface area contributed by atoms with E-state index in [2.05, 4.69) is 26.0 Å². The lowest BCUT2D eigenvalue weighted by Gasteiger charge is -2.16. The van der Waals surface area contributed by atoms with Gasteiger partial charge in [-0.2, -0.15) is 0 Å². The minimum absolute atomic E-state index is 0.105. The maximum absolute atomic E-state index is 11.6. The van der Waals surface area contributed by atoms with Gasteiger partial charge in [-0.3, -0.25) is 0 Å². The van der Waals surface area contributed by atoms with Gasteiger partial charge in [0.2, 0.25) is 0 Å². The Kier molecular flexibility index (Phi) is 9.81. The van der Waals surface area contributed by atoms with Crippen LogP contribution in [0, 0.1) is 0 Å². The molecule has 0 N–H and O–H groups in total. The van der Waals surface area contributed by atoms with Gasteiger partial charge in [-0.05, 0) is 55.7 Å². The maximum Gasteiger partial charge on any atom is 0.337 e. The fourth-order valence-corrected chi connectivity index (χ4v) is 2.80. The summed E-state index contributed by atoms with van der Waals surface area (Å²) in [6.07, 6.45) is 6.78. The van der Waals surface area contributed by atoms with Crippen molar-refractivity contribution in [2.45, 2.75) is 20.3 Å². The van der Waals surface area contributed by atoms with Crippen LogP contribution < -0.4 is 9.47 Å². The number of benzene rings is 2. The average Bonchev–Trinajstić information content (AvgIpc) is 2.78. The van der Waals surface area contributed by atoms with Gasteiger partial charge >= 0.3 is 5.97 Å². The number of carbonyl (C=O) groups excluding carboxylic acids is 1. The molecule has 2 aromatic carbocycles. The number of hydrogen-bond acceptors (Lipinski definition) is 6. The summed E-state index contributed by atoms with van der Waals surface area (Å²) in [7, 11) is 4.52. The van der Waals surface area contributed by atoms with Crippen molar-refractivity contribution in [1.29, 1.82) is 0 Å². The number of rotatable bonds is 11. The molecule has 166 valence electrons. The van der Waals surface area contributed by atoms with Gasteiger partial charge in [0.25, 0.3) is 0 Å². The molecule has 0 saturated heterocycles. The average molecular weight is 427 g/mol. The largest absolute Gasteiger partial charge is 0.465 e. The molecule has 0 radical (unpaired) electrons. The van der Waals surface area contributed by atoms with Crippen molar-refractivity contribution in [3.63, 3.8) is 0 Å². The molecule has 2 aromatic rings. The van der Waals surface area contributed by atoms with E-state index in [-0.39, 0.29) is 19.6 Å². The minimum atomic E-state index is -0.356. The second kappa shape index (κ2) is 12.6. The Bertz CT molecular complexity index is 908. The quantitative estimate of drug-likeness (QED) is 0.215. The van der Waals surface area contributed by atoms with E-state index in [9.17, 15) is 4.79 Å². The molecule has 0 aromatic heterocycles. The Hall–Kier alpha value is -3.09. The van der Waals surface area contributed by atoms with Crippen LogP contribution in [0.15, 0.2) is 48.0 Å². The summed E-state index contributed by atoms with van der Waals surface area (Å²) < 4.78 is 26.5. The third kappa shape index (κ3) is 7.59. The summed E-state index contributed by atoms with van der Waals surface area (Å²) in [6, 6.07) is 11.2. The van der Waals surface area contributed by atoms with Gasteiger partial charge in [0, 0.05) is 19.8 Å². The van der Waals surface area contributed by atoms with Crippen LogP contribution in [-0.2, 0) is 20.6 Å². The van der Waals surface area contributed by atoms with Crippen LogP contribution >= 0.6 is 0 Å². The molecule has 0 heterocycles. The van der Waals surface area contributed by atoms with Crippen LogP contribution in [0.4, 0.5) is 0 Å². The third-order valence-corrected chi connectivity index (χ3v) is 4.34. The number of esters is 1. The molecule has 0 aliphatic heterocycles. The Labute approximate surface area is 184 Å². The van der Waals surface area contributed by atoms with Crippen LogP contribution in [0.5, 0.6) is 11.5 Å². The molecule has 0 aliphatic carbocycles. The monoisotopic (exact) mass is 426 g/mol. The topological polar surface area (TPSA) is 63.2 Å². The lowest BCUT2D eigenvalue weighted by molar-refractivity contribution is 0.0318. The van der Waals surface area contributed by atoms with E-state index >= 15 is 0 Å². The van der Waals surface area contributed by atoms with Crippen molar-refractivity contribution < 1.29 is 28.5 Å². The lowest BCUT2D eigenvalue weighted by Crippen LogP contribution is -2.07. The van der Waals surface area contributed by atoms with Crippen molar-refractivity contribution in [1.82, 2.24) is 0 Å². The lowest BCUT2D eigenvalue weighted by atomic mass is 10.0. The van der Waals surface area contributed by atoms with Crippen LogP contribution in [-0.4, -0.2) is 40.9 Å². The van der Waals surface area contributed by atoms with Crippen molar-refractivity contribution in [3.05, 3.63) is 70.3 Å². The molecule has 0 saturated carbocycles. The number of carbonyl (C=O) groups is 1. The first-order chi connectivity index (χ1) is 15.0. The fraction of sp³-hybridized carbons (Fsp3) is 0.320. The zero-order chi connectivity index (χ0) is 22.6. The molecule has 0 aliphatic rings. The Morgan fingerprint density at radius 3 is 2.13 bits per heavy atom. The van der Waals surface area contributed by atoms with Gasteiger partial charge in [0.05, 0.1) is 12.7 Å². The van der Waals surface area contributed by atoms with Crippen molar-refractivity contribution >= 4 is 18.1 Å². The highest BCUT2D eigenvalue weighted by Crippen LogP contribution is 2.35. The molecule has 0 spiro atoms. The van der Waals surface area contributed by atoms with Crippen LogP contribution in [0.2, 0.25) is 0 Å². The van der Waals surface area contributed by atoms with E-state index in [1.807, 2.05) is 30.4 Å². The van der Waals surface area contributed by atoms with Crippen molar-refractivity contribution in [2.24, 2.45) is 0 Å². The van der Waals surface area contributed by atoms with E-state index < -0.39 is 0 Å². The summed E-state index contributed by atoms with van der Waals surface area (Å²) in [5.41, 5.74) is 4.61.